The van der Waals surface area contributed by atoms with Crippen LogP contribution in [0.4, 0.5) is 0 Å². The smallest absolute Gasteiger partial charge is 0.306 e. The molecule has 0 unspecified atom stereocenters. The molecule has 4 aliphatic carbocycles. The van der Waals surface area contributed by atoms with E-state index in [2.05, 4.69) is 52.6 Å². The Morgan fingerprint density at radius 1 is 0.891 bits per heavy atom. The number of ether oxygens (including phenoxy) is 1. The summed E-state index contributed by atoms with van der Waals surface area (Å²) in [6, 6.07) is 0. The molecule has 0 saturated heterocycles. The Kier molecular flexibility index (Phi) is 13.9. The summed E-state index contributed by atoms with van der Waals surface area (Å²) in [4.78, 5) is 24.3. The highest BCUT2D eigenvalue weighted by Gasteiger charge is 2.59. The molecule has 3 fully saturated rings. The van der Waals surface area contributed by atoms with Crippen molar-refractivity contribution in [3.63, 3.8) is 0 Å². The number of esters is 1. The number of carbonyl (C=O) groups excluding carboxylic acids is 2. The van der Waals surface area contributed by atoms with Gasteiger partial charge in [0.05, 0.1) is 0 Å². The quantitative estimate of drug-likeness (QED) is 0.0704. The van der Waals surface area contributed by atoms with Crippen molar-refractivity contribution >= 4 is 11.9 Å². The molecule has 0 aromatic heterocycles. The standard InChI is InChI=1S/C42H71NO3/c1-30(2)17-16-18-32(5)36-22-23-37-35-21-20-33-29-34(24-26-41(33,6)38(35)25-27-42(36,37)7)46-39(44)19-14-12-10-8-9-11-13-15-28-43-40(45)31(3)4/h20,30,32,34-38H,3,8-19,21-29H2,1-2,4-7H3,(H,43,45)/t32-,34+,35+,36-,37+,38+,41+,42-/m1/s1. The zero-order valence-corrected chi connectivity index (χ0v) is 30.9. The first-order valence-electron chi connectivity index (χ1n) is 19.8. The van der Waals surface area contributed by atoms with Crippen LogP contribution in [0.5, 0.6) is 0 Å². The minimum Gasteiger partial charge on any atom is -0.462 e. The first-order chi connectivity index (χ1) is 22.0. The van der Waals surface area contributed by atoms with Crippen molar-refractivity contribution in [1.82, 2.24) is 5.32 Å². The number of nitrogens with one attached hydrogen (secondary N) is 1. The Labute approximate surface area is 283 Å². The molecule has 8 atom stereocenters. The van der Waals surface area contributed by atoms with Gasteiger partial charge in [0.2, 0.25) is 5.91 Å². The molecular weight excluding hydrogens is 566 g/mol. The Morgan fingerprint density at radius 2 is 1.59 bits per heavy atom. The predicted octanol–water partition coefficient (Wildman–Crippen LogP) is 11.1. The van der Waals surface area contributed by atoms with Gasteiger partial charge in [-0.25, -0.2) is 0 Å². The summed E-state index contributed by atoms with van der Waals surface area (Å²) in [5.41, 5.74) is 3.05. The number of unbranched alkanes of at least 4 members (excludes halogenated alkanes) is 7. The Balaban J connectivity index is 1.14. The highest BCUT2D eigenvalue weighted by Crippen LogP contribution is 2.67. The second kappa shape index (κ2) is 17.2. The Morgan fingerprint density at radius 3 is 2.28 bits per heavy atom. The van der Waals surface area contributed by atoms with E-state index < -0.39 is 0 Å². The number of carbonyl (C=O) groups is 2. The third kappa shape index (κ3) is 9.31. The van der Waals surface area contributed by atoms with Crippen molar-refractivity contribution in [1.29, 1.82) is 0 Å². The van der Waals surface area contributed by atoms with Crippen molar-refractivity contribution in [2.24, 2.45) is 46.3 Å². The lowest BCUT2D eigenvalue weighted by Crippen LogP contribution is -2.51. The van der Waals surface area contributed by atoms with Crippen LogP contribution in [-0.2, 0) is 14.3 Å². The molecule has 0 radical (unpaired) electrons. The molecule has 0 aromatic carbocycles. The number of allylic oxidation sites excluding steroid dienone is 1. The molecule has 1 N–H and O–H groups in total. The summed E-state index contributed by atoms with van der Waals surface area (Å²) in [6.45, 7) is 18.7. The van der Waals surface area contributed by atoms with Gasteiger partial charge < -0.3 is 10.1 Å². The van der Waals surface area contributed by atoms with Gasteiger partial charge in [0, 0.05) is 25.0 Å². The molecule has 4 nitrogen and oxygen atoms in total. The predicted molar refractivity (Wildman–Crippen MR) is 192 cm³/mol. The first kappa shape index (κ1) is 37.2. The lowest BCUT2D eigenvalue weighted by molar-refractivity contribution is -0.151. The number of rotatable bonds is 18. The van der Waals surface area contributed by atoms with E-state index >= 15 is 0 Å². The fourth-order valence-electron chi connectivity index (χ4n) is 10.8. The van der Waals surface area contributed by atoms with E-state index in [9.17, 15) is 9.59 Å². The number of hydrogen-bond donors (Lipinski definition) is 1. The first-order valence-corrected chi connectivity index (χ1v) is 19.8. The monoisotopic (exact) mass is 638 g/mol. The molecule has 4 heteroatoms. The number of hydrogen-bond acceptors (Lipinski definition) is 3. The third-order valence-corrected chi connectivity index (χ3v) is 13.5. The fourth-order valence-corrected chi connectivity index (χ4v) is 10.8. The minimum absolute atomic E-state index is 0.0210. The summed E-state index contributed by atoms with van der Waals surface area (Å²) in [7, 11) is 0. The maximum absolute atomic E-state index is 12.8. The van der Waals surface area contributed by atoms with Crippen LogP contribution in [-0.4, -0.2) is 24.5 Å². The van der Waals surface area contributed by atoms with Gasteiger partial charge in [-0.05, 0) is 111 Å². The van der Waals surface area contributed by atoms with Crippen molar-refractivity contribution < 1.29 is 14.3 Å². The summed E-state index contributed by atoms with van der Waals surface area (Å²) in [6.07, 6.45) is 26.8. The van der Waals surface area contributed by atoms with Gasteiger partial charge in [0.15, 0.2) is 0 Å². The SMILES string of the molecule is C=C(C)C(=O)NCCCCCCCCCCC(=O)O[C@H]1CC[C@@]2(C)C(=CC[C@H]3[C@@H]4CC[C@H]([C@H](C)CCCC(C)C)[C@@]4(C)CC[C@@H]32)C1. The number of fused-ring (bicyclic) bond motifs is 5. The van der Waals surface area contributed by atoms with Gasteiger partial charge >= 0.3 is 5.97 Å². The van der Waals surface area contributed by atoms with Gasteiger partial charge in [-0.15, -0.1) is 0 Å². The van der Waals surface area contributed by atoms with Crippen LogP contribution >= 0.6 is 0 Å². The van der Waals surface area contributed by atoms with Gasteiger partial charge in [0.1, 0.15) is 6.10 Å². The van der Waals surface area contributed by atoms with Crippen molar-refractivity contribution in [2.45, 2.75) is 176 Å². The molecule has 0 bridgehead atoms. The number of amides is 1. The average molecular weight is 638 g/mol. The van der Waals surface area contributed by atoms with Crippen molar-refractivity contribution in [2.75, 3.05) is 6.54 Å². The second-order valence-corrected chi connectivity index (χ2v) is 17.3. The van der Waals surface area contributed by atoms with E-state index in [0.717, 1.165) is 80.6 Å². The molecule has 262 valence electrons. The molecule has 4 rings (SSSR count). The summed E-state index contributed by atoms with van der Waals surface area (Å²) < 4.78 is 6.09. The van der Waals surface area contributed by atoms with Crippen LogP contribution in [0.15, 0.2) is 23.8 Å². The lowest BCUT2D eigenvalue weighted by Gasteiger charge is -2.58. The summed E-state index contributed by atoms with van der Waals surface area (Å²) in [5, 5.41) is 2.90. The maximum Gasteiger partial charge on any atom is 0.306 e. The summed E-state index contributed by atoms with van der Waals surface area (Å²) >= 11 is 0. The molecule has 0 spiro atoms. The van der Waals surface area contributed by atoms with Gasteiger partial charge in [-0.3, -0.25) is 9.59 Å². The molecular formula is C42H71NO3. The van der Waals surface area contributed by atoms with Crippen molar-refractivity contribution in [3.8, 4) is 0 Å². The van der Waals surface area contributed by atoms with Gasteiger partial charge in [-0.2, -0.15) is 0 Å². The zero-order chi connectivity index (χ0) is 33.3. The van der Waals surface area contributed by atoms with Crippen LogP contribution in [0.3, 0.4) is 0 Å². The normalized spacial score (nSPS) is 32.6. The second-order valence-electron chi connectivity index (χ2n) is 17.3. The van der Waals surface area contributed by atoms with Gasteiger partial charge in [0.25, 0.3) is 0 Å². The Bertz CT molecular complexity index is 1050. The molecule has 0 aliphatic heterocycles. The molecule has 46 heavy (non-hydrogen) atoms. The minimum atomic E-state index is -0.0359. The largest absolute Gasteiger partial charge is 0.462 e. The van der Waals surface area contributed by atoms with E-state index in [0.29, 0.717) is 22.8 Å². The van der Waals surface area contributed by atoms with Crippen LogP contribution in [0.2, 0.25) is 0 Å². The van der Waals surface area contributed by atoms with Gasteiger partial charge in [-0.1, -0.05) is 111 Å². The van der Waals surface area contributed by atoms with E-state index in [1.165, 1.54) is 83.5 Å². The Hall–Kier alpha value is -1.58. The van der Waals surface area contributed by atoms with E-state index in [-0.39, 0.29) is 18.0 Å². The topological polar surface area (TPSA) is 55.4 Å². The maximum atomic E-state index is 12.8. The van der Waals surface area contributed by atoms with Crippen LogP contribution < -0.4 is 5.32 Å². The zero-order valence-electron chi connectivity index (χ0n) is 30.9. The molecule has 4 aliphatic rings. The molecule has 0 aromatic rings. The van der Waals surface area contributed by atoms with E-state index in [1.54, 1.807) is 12.5 Å². The molecule has 1 amide bonds. The molecule has 0 heterocycles. The van der Waals surface area contributed by atoms with Crippen LogP contribution in [0.1, 0.15) is 170 Å². The average Bonchev–Trinajstić information content (AvgIpc) is 3.37. The molecule has 3 saturated carbocycles. The van der Waals surface area contributed by atoms with E-state index in [1.807, 2.05) is 0 Å². The highest BCUT2D eigenvalue weighted by atomic mass is 16.5. The highest BCUT2D eigenvalue weighted by molar-refractivity contribution is 5.92. The fraction of sp³-hybridized carbons (Fsp3) is 0.857. The van der Waals surface area contributed by atoms with E-state index in [4.69, 9.17) is 4.74 Å². The third-order valence-electron chi connectivity index (χ3n) is 13.5. The van der Waals surface area contributed by atoms with Crippen LogP contribution in [0.25, 0.3) is 0 Å². The van der Waals surface area contributed by atoms with Crippen molar-refractivity contribution in [3.05, 3.63) is 23.8 Å². The lowest BCUT2D eigenvalue weighted by atomic mass is 9.47. The summed E-state index contributed by atoms with van der Waals surface area (Å²) in [5.74, 6) is 5.17. The van der Waals surface area contributed by atoms with Crippen LogP contribution in [0, 0.1) is 46.3 Å².